The number of aromatic nitrogens is 3. The first kappa shape index (κ1) is 27.1. The van der Waals surface area contributed by atoms with Gasteiger partial charge in [-0.05, 0) is 57.0 Å². The largest absolute Gasteiger partial charge is 0.496 e. The van der Waals surface area contributed by atoms with Crippen molar-refractivity contribution in [1.82, 2.24) is 20.3 Å². The molecule has 0 amide bonds. The number of nitrogens with zero attached hydrogens (tertiary/aromatic N) is 5. The number of fused-ring (bicyclic) bond motifs is 1. The van der Waals surface area contributed by atoms with Crippen molar-refractivity contribution >= 4 is 22.8 Å². The van der Waals surface area contributed by atoms with Gasteiger partial charge in [-0.3, -0.25) is 0 Å². The van der Waals surface area contributed by atoms with E-state index in [-0.39, 0.29) is 12.2 Å². The molecule has 214 valence electrons. The molecule has 0 saturated carbocycles. The van der Waals surface area contributed by atoms with E-state index in [4.69, 9.17) is 33.9 Å². The molecule has 0 bridgehead atoms. The normalized spacial score (nSPS) is 23.6. The summed E-state index contributed by atoms with van der Waals surface area (Å²) in [5.74, 6) is 2.48. The van der Waals surface area contributed by atoms with Crippen molar-refractivity contribution in [3.8, 4) is 17.0 Å². The number of rotatable bonds is 8. The number of ether oxygens (including phenoxy) is 4. The molecule has 3 saturated heterocycles. The zero-order valence-electron chi connectivity index (χ0n) is 23.8. The molecule has 5 heterocycles. The van der Waals surface area contributed by atoms with Gasteiger partial charge >= 0.3 is 0 Å². The first-order chi connectivity index (χ1) is 19.6. The molecule has 0 spiro atoms. The molecule has 3 aromatic rings. The average Bonchev–Trinajstić information content (AvgIpc) is 3.50. The minimum absolute atomic E-state index is 0.112. The summed E-state index contributed by atoms with van der Waals surface area (Å²) >= 11 is 0. The summed E-state index contributed by atoms with van der Waals surface area (Å²) in [7, 11) is 1.71. The van der Waals surface area contributed by atoms with Crippen LogP contribution >= 0.6 is 0 Å². The maximum absolute atomic E-state index is 5.97. The Morgan fingerprint density at radius 1 is 0.975 bits per heavy atom. The van der Waals surface area contributed by atoms with Crippen molar-refractivity contribution in [2.24, 2.45) is 0 Å². The Labute approximate surface area is 236 Å². The topological polar surface area (TPSA) is 94.1 Å². The first-order valence-electron chi connectivity index (χ1n) is 14.5. The zero-order chi connectivity index (χ0) is 27.5. The lowest BCUT2D eigenvalue weighted by Crippen LogP contribution is -2.46. The molecule has 3 atom stereocenters. The number of nitrogens with one attached hydrogen (secondary N) is 1. The van der Waals surface area contributed by atoms with Crippen LogP contribution in [0.25, 0.3) is 22.3 Å². The number of morpholine rings is 2. The maximum atomic E-state index is 5.97. The predicted octanol–water partition coefficient (Wildman–Crippen LogP) is 3.42. The van der Waals surface area contributed by atoms with E-state index in [9.17, 15) is 0 Å². The van der Waals surface area contributed by atoms with Crippen LogP contribution in [0.1, 0.15) is 32.3 Å². The highest BCUT2D eigenvalue weighted by Crippen LogP contribution is 2.31. The summed E-state index contributed by atoms with van der Waals surface area (Å²) in [6, 6.07) is 10.4. The SMILES string of the molecule is COc1ccc(-c2ccc3c(N4CCOCC4)nc(N4C[C@@H](C)O[C@@H](C)C4)nc3n2)cc1CNCC1CCCO1. The smallest absolute Gasteiger partial charge is 0.229 e. The summed E-state index contributed by atoms with van der Waals surface area (Å²) in [5, 5.41) is 4.50. The van der Waals surface area contributed by atoms with Gasteiger partial charge in [0.1, 0.15) is 11.6 Å². The molecule has 3 aliphatic rings. The van der Waals surface area contributed by atoms with E-state index in [0.717, 1.165) is 85.9 Å². The molecule has 6 rings (SSSR count). The lowest BCUT2D eigenvalue weighted by atomic mass is 10.1. The van der Waals surface area contributed by atoms with Crippen molar-refractivity contribution < 1.29 is 18.9 Å². The number of pyridine rings is 1. The van der Waals surface area contributed by atoms with Crippen LogP contribution in [0.15, 0.2) is 30.3 Å². The maximum Gasteiger partial charge on any atom is 0.229 e. The van der Waals surface area contributed by atoms with E-state index in [2.05, 4.69) is 53.2 Å². The molecule has 1 aromatic carbocycles. The Morgan fingerprint density at radius 3 is 2.55 bits per heavy atom. The Balaban J connectivity index is 1.33. The van der Waals surface area contributed by atoms with E-state index in [1.165, 1.54) is 0 Å². The van der Waals surface area contributed by atoms with E-state index < -0.39 is 0 Å². The van der Waals surface area contributed by atoms with Crippen molar-refractivity contribution in [1.29, 1.82) is 0 Å². The van der Waals surface area contributed by atoms with Crippen LogP contribution in [-0.2, 0) is 20.8 Å². The number of hydrogen-bond donors (Lipinski definition) is 1. The third kappa shape index (κ3) is 6.00. The number of anilines is 2. The van der Waals surface area contributed by atoms with Gasteiger partial charge in [0.2, 0.25) is 5.95 Å². The zero-order valence-corrected chi connectivity index (χ0v) is 23.8. The van der Waals surface area contributed by atoms with Crippen LogP contribution < -0.4 is 19.9 Å². The molecular formula is C30H40N6O4. The van der Waals surface area contributed by atoms with Crippen LogP contribution in [0.5, 0.6) is 5.75 Å². The molecule has 40 heavy (non-hydrogen) atoms. The summed E-state index contributed by atoms with van der Waals surface area (Å²) in [4.78, 5) is 19.7. The number of benzene rings is 1. The molecule has 3 fully saturated rings. The highest BCUT2D eigenvalue weighted by atomic mass is 16.5. The lowest BCUT2D eigenvalue weighted by molar-refractivity contribution is -0.00570. The predicted molar refractivity (Wildman–Crippen MR) is 155 cm³/mol. The quantitative estimate of drug-likeness (QED) is 0.451. The van der Waals surface area contributed by atoms with Gasteiger partial charge in [0.05, 0.1) is 49.7 Å². The second-order valence-corrected chi connectivity index (χ2v) is 11.0. The van der Waals surface area contributed by atoms with Crippen molar-refractivity contribution in [3.63, 3.8) is 0 Å². The van der Waals surface area contributed by atoms with Crippen LogP contribution in [-0.4, -0.2) is 92.9 Å². The fourth-order valence-electron chi connectivity index (χ4n) is 5.89. The molecule has 1 N–H and O–H groups in total. The van der Waals surface area contributed by atoms with Gasteiger partial charge in [-0.15, -0.1) is 0 Å². The monoisotopic (exact) mass is 548 g/mol. The Morgan fingerprint density at radius 2 is 1.80 bits per heavy atom. The summed E-state index contributed by atoms with van der Waals surface area (Å²) in [5.41, 5.74) is 3.69. The average molecular weight is 549 g/mol. The molecule has 0 radical (unpaired) electrons. The highest BCUT2D eigenvalue weighted by molar-refractivity contribution is 5.90. The third-order valence-corrected chi connectivity index (χ3v) is 7.83. The molecule has 10 heteroatoms. The summed E-state index contributed by atoms with van der Waals surface area (Å²) in [6.45, 7) is 11.1. The molecular weight excluding hydrogens is 508 g/mol. The Kier molecular flexibility index (Phi) is 8.29. The van der Waals surface area contributed by atoms with E-state index in [0.29, 0.717) is 37.5 Å². The fraction of sp³-hybridized carbons (Fsp3) is 0.567. The van der Waals surface area contributed by atoms with Gasteiger partial charge in [0.15, 0.2) is 5.65 Å². The minimum atomic E-state index is 0.112. The van der Waals surface area contributed by atoms with Crippen molar-refractivity contribution in [3.05, 3.63) is 35.9 Å². The highest BCUT2D eigenvalue weighted by Gasteiger charge is 2.27. The summed E-state index contributed by atoms with van der Waals surface area (Å²) in [6.07, 6.45) is 2.77. The van der Waals surface area contributed by atoms with Crippen molar-refractivity contribution in [2.45, 2.75) is 51.5 Å². The molecule has 0 aliphatic carbocycles. The van der Waals surface area contributed by atoms with Gasteiger partial charge < -0.3 is 34.1 Å². The summed E-state index contributed by atoms with van der Waals surface area (Å²) < 4.78 is 23.0. The Hall–Kier alpha value is -3.05. The second kappa shape index (κ2) is 12.2. The second-order valence-electron chi connectivity index (χ2n) is 11.0. The van der Waals surface area contributed by atoms with Crippen LogP contribution in [0.3, 0.4) is 0 Å². The van der Waals surface area contributed by atoms with Gasteiger partial charge in [0.25, 0.3) is 0 Å². The van der Waals surface area contributed by atoms with E-state index >= 15 is 0 Å². The minimum Gasteiger partial charge on any atom is -0.496 e. The number of hydrogen-bond acceptors (Lipinski definition) is 10. The molecule has 1 unspecified atom stereocenters. The molecule has 2 aromatic heterocycles. The third-order valence-electron chi connectivity index (χ3n) is 7.83. The van der Waals surface area contributed by atoms with E-state index in [1.807, 2.05) is 6.07 Å². The van der Waals surface area contributed by atoms with Gasteiger partial charge in [-0.25, -0.2) is 4.98 Å². The Bertz CT molecular complexity index is 1300. The fourth-order valence-corrected chi connectivity index (χ4v) is 5.89. The van der Waals surface area contributed by atoms with Gasteiger partial charge in [0, 0.05) is 57.0 Å². The van der Waals surface area contributed by atoms with Crippen molar-refractivity contribution in [2.75, 3.05) is 69.5 Å². The molecule has 10 nitrogen and oxygen atoms in total. The van der Waals surface area contributed by atoms with Crippen LogP contribution in [0.4, 0.5) is 11.8 Å². The number of methoxy groups -OCH3 is 1. The van der Waals surface area contributed by atoms with Crippen LogP contribution in [0, 0.1) is 0 Å². The van der Waals surface area contributed by atoms with Gasteiger partial charge in [-0.2, -0.15) is 9.97 Å². The first-order valence-corrected chi connectivity index (χ1v) is 14.5. The molecule has 3 aliphatic heterocycles. The van der Waals surface area contributed by atoms with Crippen LogP contribution in [0.2, 0.25) is 0 Å². The van der Waals surface area contributed by atoms with Gasteiger partial charge in [-0.1, -0.05) is 0 Å². The standard InChI is InChI=1S/C30H40N6O4/c1-20-18-36(19-21(2)40-20)30-33-28-25(29(34-30)35-10-13-38-14-11-35)7-8-26(32-28)22-6-9-27(37-3)23(15-22)16-31-17-24-5-4-12-39-24/h6-9,15,20-21,24,31H,4-5,10-14,16-19H2,1-3H3/t20-,21+,24?. The lowest BCUT2D eigenvalue weighted by Gasteiger charge is -2.36. The van der Waals surface area contributed by atoms with E-state index in [1.54, 1.807) is 7.11 Å².